The first-order valence-corrected chi connectivity index (χ1v) is 12.2. The quantitative estimate of drug-likeness (QED) is 0.247. The van der Waals surface area contributed by atoms with Crippen molar-refractivity contribution in [3.05, 3.63) is 117 Å². The molecular formula is C26H23BrCl4N2O2. The minimum Gasteiger partial charge on any atom is -1.00 e. The van der Waals surface area contributed by atoms with Crippen molar-refractivity contribution in [1.29, 1.82) is 0 Å². The van der Waals surface area contributed by atoms with E-state index < -0.39 is 0 Å². The topological polar surface area (TPSA) is 27.3 Å². The maximum atomic E-state index is 6.52. The van der Waals surface area contributed by atoms with Gasteiger partial charge in [-0.1, -0.05) is 76.7 Å². The van der Waals surface area contributed by atoms with Crippen molar-refractivity contribution in [2.75, 3.05) is 6.61 Å². The summed E-state index contributed by atoms with van der Waals surface area (Å²) in [4.78, 5) is 0. The van der Waals surface area contributed by atoms with E-state index in [2.05, 4.69) is 4.57 Å². The summed E-state index contributed by atoms with van der Waals surface area (Å²) in [7, 11) is 0. The van der Waals surface area contributed by atoms with Crippen LogP contribution in [0.5, 0.6) is 5.75 Å². The molecule has 0 spiro atoms. The average molecular weight is 617 g/mol. The van der Waals surface area contributed by atoms with Gasteiger partial charge in [-0.15, -0.1) is 0 Å². The molecule has 0 amide bonds. The summed E-state index contributed by atoms with van der Waals surface area (Å²) >= 11 is 25.3. The maximum absolute atomic E-state index is 6.52. The molecule has 9 heteroatoms. The molecule has 0 aliphatic carbocycles. The van der Waals surface area contributed by atoms with Gasteiger partial charge in [0.25, 0.3) is 0 Å². The smallest absolute Gasteiger partial charge is 0.243 e. The minimum absolute atomic E-state index is 0. The lowest BCUT2D eigenvalue weighted by Gasteiger charge is -2.19. The number of rotatable bonds is 10. The average Bonchev–Trinajstić information content (AvgIpc) is 3.26. The molecule has 3 aromatic carbocycles. The first kappa shape index (κ1) is 27.9. The number of hydrogen-bond acceptors (Lipinski definition) is 2. The van der Waals surface area contributed by atoms with Crippen LogP contribution in [0.25, 0.3) is 0 Å². The van der Waals surface area contributed by atoms with E-state index in [0.717, 1.165) is 16.9 Å². The van der Waals surface area contributed by atoms with Crippen LogP contribution in [0.3, 0.4) is 0 Å². The molecular weight excluding hydrogens is 594 g/mol. The van der Waals surface area contributed by atoms with Crippen molar-refractivity contribution < 1.29 is 31.0 Å². The normalized spacial score (nSPS) is 11.7. The molecule has 0 radical (unpaired) electrons. The molecule has 184 valence electrons. The van der Waals surface area contributed by atoms with Crippen molar-refractivity contribution in [3.63, 3.8) is 0 Å². The molecule has 1 atom stereocenters. The second kappa shape index (κ2) is 13.5. The van der Waals surface area contributed by atoms with Crippen LogP contribution in [0.2, 0.25) is 20.1 Å². The van der Waals surface area contributed by atoms with Gasteiger partial charge in [-0.25, -0.2) is 9.13 Å². The zero-order valence-corrected chi connectivity index (χ0v) is 23.2. The van der Waals surface area contributed by atoms with Crippen molar-refractivity contribution in [2.24, 2.45) is 0 Å². The van der Waals surface area contributed by atoms with E-state index in [4.69, 9.17) is 55.9 Å². The zero-order valence-electron chi connectivity index (χ0n) is 18.6. The SMILES string of the molecule is Clc1ccc(C(C[n+]2ccn(CCOc3ccccc3)c2)OCc2c(Cl)cccc2Cl)c(Cl)c1.[Br-]. The van der Waals surface area contributed by atoms with Crippen LogP contribution in [0.1, 0.15) is 17.2 Å². The predicted octanol–water partition coefficient (Wildman–Crippen LogP) is 4.43. The van der Waals surface area contributed by atoms with E-state index in [1.807, 2.05) is 65.8 Å². The Hall–Kier alpha value is -1.73. The van der Waals surface area contributed by atoms with E-state index in [1.54, 1.807) is 24.3 Å². The van der Waals surface area contributed by atoms with Crippen LogP contribution in [-0.2, 0) is 24.4 Å². The van der Waals surface area contributed by atoms with E-state index in [-0.39, 0.29) is 29.7 Å². The molecule has 4 rings (SSSR count). The monoisotopic (exact) mass is 614 g/mol. The van der Waals surface area contributed by atoms with Crippen molar-refractivity contribution >= 4 is 46.4 Å². The molecule has 0 aliphatic heterocycles. The van der Waals surface area contributed by atoms with Crippen molar-refractivity contribution in [3.8, 4) is 5.75 Å². The highest BCUT2D eigenvalue weighted by atomic mass is 79.9. The van der Waals surface area contributed by atoms with Crippen LogP contribution >= 0.6 is 46.4 Å². The summed E-state index contributed by atoms with van der Waals surface area (Å²) in [6.07, 6.45) is 5.65. The predicted molar refractivity (Wildman–Crippen MR) is 137 cm³/mol. The Morgan fingerprint density at radius 1 is 0.857 bits per heavy atom. The molecule has 0 aliphatic rings. The van der Waals surface area contributed by atoms with E-state index >= 15 is 0 Å². The molecule has 35 heavy (non-hydrogen) atoms. The molecule has 1 aromatic heterocycles. The molecule has 0 saturated heterocycles. The van der Waals surface area contributed by atoms with Crippen LogP contribution in [0.4, 0.5) is 0 Å². The van der Waals surface area contributed by atoms with Crippen molar-refractivity contribution in [2.45, 2.75) is 25.8 Å². The Morgan fingerprint density at radius 2 is 1.60 bits per heavy atom. The number of benzene rings is 3. The molecule has 0 saturated carbocycles. The Balaban J connectivity index is 0.00000342. The van der Waals surface area contributed by atoms with Crippen LogP contribution in [0, 0.1) is 0 Å². The fourth-order valence-corrected chi connectivity index (χ4v) is 4.55. The van der Waals surface area contributed by atoms with Gasteiger partial charge in [0.1, 0.15) is 43.9 Å². The summed E-state index contributed by atoms with van der Waals surface area (Å²) in [6, 6.07) is 20.6. The molecule has 1 unspecified atom stereocenters. The van der Waals surface area contributed by atoms with Gasteiger partial charge in [-0.05, 0) is 36.4 Å². The van der Waals surface area contributed by atoms with Gasteiger partial charge in [0, 0.05) is 31.2 Å². The summed E-state index contributed by atoms with van der Waals surface area (Å²) < 4.78 is 16.2. The van der Waals surface area contributed by atoms with Gasteiger partial charge in [0.05, 0.1) is 6.61 Å². The number of aromatic nitrogens is 2. The van der Waals surface area contributed by atoms with Gasteiger partial charge in [-0.2, -0.15) is 0 Å². The molecule has 0 fully saturated rings. The first-order valence-electron chi connectivity index (χ1n) is 10.7. The summed E-state index contributed by atoms with van der Waals surface area (Å²) in [6.45, 7) is 2.06. The van der Waals surface area contributed by atoms with E-state index in [1.165, 1.54) is 0 Å². The molecule has 4 nitrogen and oxygen atoms in total. The Bertz CT molecular complexity index is 1220. The lowest BCUT2D eigenvalue weighted by Crippen LogP contribution is -3.00. The summed E-state index contributed by atoms with van der Waals surface area (Å²) in [5, 5.41) is 2.23. The van der Waals surface area contributed by atoms with E-state index in [0.29, 0.717) is 39.8 Å². The molecule has 1 heterocycles. The Morgan fingerprint density at radius 3 is 2.31 bits per heavy atom. The van der Waals surface area contributed by atoms with Crippen molar-refractivity contribution in [1.82, 2.24) is 4.57 Å². The Kier molecular flexibility index (Phi) is 10.8. The van der Waals surface area contributed by atoms with Crippen LogP contribution < -0.4 is 26.3 Å². The number of nitrogens with zero attached hydrogens (tertiary/aromatic N) is 2. The highest BCUT2D eigenvalue weighted by molar-refractivity contribution is 6.36. The number of para-hydroxylation sites is 1. The fraction of sp³-hybridized carbons (Fsp3) is 0.192. The fourth-order valence-electron chi connectivity index (χ4n) is 3.51. The first-order chi connectivity index (χ1) is 16.5. The number of halogens is 5. The minimum atomic E-state index is -0.349. The second-order valence-corrected chi connectivity index (χ2v) is 9.33. The molecule has 0 N–H and O–H groups in total. The van der Waals surface area contributed by atoms with Crippen LogP contribution in [0.15, 0.2) is 85.5 Å². The van der Waals surface area contributed by atoms with Gasteiger partial charge in [0.2, 0.25) is 6.33 Å². The molecule has 4 aromatic rings. The van der Waals surface area contributed by atoms with Gasteiger partial charge in [-0.3, -0.25) is 0 Å². The van der Waals surface area contributed by atoms with Crippen LogP contribution in [-0.4, -0.2) is 11.2 Å². The lowest BCUT2D eigenvalue weighted by atomic mass is 10.1. The highest BCUT2D eigenvalue weighted by Gasteiger charge is 2.21. The third-order valence-corrected chi connectivity index (χ3v) is 6.55. The third kappa shape index (κ3) is 7.88. The number of imidazole rings is 1. The Labute approximate surface area is 235 Å². The summed E-state index contributed by atoms with van der Waals surface area (Å²) in [5.74, 6) is 0.853. The van der Waals surface area contributed by atoms with Gasteiger partial charge >= 0.3 is 0 Å². The number of hydrogen-bond donors (Lipinski definition) is 0. The van der Waals surface area contributed by atoms with E-state index in [9.17, 15) is 0 Å². The third-order valence-electron chi connectivity index (χ3n) is 5.28. The second-order valence-electron chi connectivity index (χ2n) is 7.68. The number of ether oxygens (including phenoxy) is 2. The maximum Gasteiger partial charge on any atom is 0.243 e. The molecule has 0 bridgehead atoms. The largest absolute Gasteiger partial charge is 1.00 e. The highest BCUT2D eigenvalue weighted by Crippen LogP contribution is 2.32. The standard InChI is InChI=1S/C26H23Cl4N2O2.BrH/c27-19-9-10-21(25(30)15-19)26(34-17-22-23(28)7-4-8-24(22)29)16-32-12-11-31(18-32)13-14-33-20-5-2-1-3-6-20;/h1-12,15,18,26H,13-14,16-17H2;1H/q+1;/p-1. The zero-order chi connectivity index (χ0) is 23.9. The summed E-state index contributed by atoms with van der Waals surface area (Å²) in [5.41, 5.74) is 1.57. The van der Waals surface area contributed by atoms with Gasteiger partial charge in [0.15, 0.2) is 0 Å². The van der Waals surface area contributed by atoms with Gasteiger partial charge < -0.3 is 26.5 Å². The lowest BCUT2D eigenvalue weighted by molar-refractivity contribution is -0.704.